The van der Waals surface area contributed by atoms with Gasteiger partial charge in [0.2, 0.25) is 0 Å². The van der Waals surface area contributed by atoms with E-state index in [1.165, 1.54) is 12.5 Å². The number of sulfonamides is 1. The first-order chi connectivity index (χ1) is 10.7. The van der Waals surface area contributed by atoms with Gasteiger partial charge in [-0.2, -0.15) is 0 Å². The second-order valence-corrected chi connectivity index (χ2v) is 23.1. The molecule has 3 rings (SSSR count). The topological polar surface area (TPSA) is 40.6 Å². The van der Waals surface area contributed by atoms with Crippen LogP contribution in [0.1, 0.15) is 5.56 Å². The number of hydrogen-bond acceptors (Lipinski definition) is 3. The van der Waals surface area contributed by atoms with Gasteiger partial charge in [-0.05, 0) is 0 Å². The second kappa shape index (κ2) is 5.95. The summed E-state index contributed by atoms with van der Waals surface area (Å²) in [7, 11) is -3.71. The Bertz CT molecular complexity index is 835. The third kappa shape index (κ3) is 2.99. The molecule has 0 N–H and O–H groups in total. The summed E-state index contributed by atoms with van der Waals surface area (Å²) in [6.45, 7) is 0.410. The standard InChI is InChI=1S/C13H10ClN2O2S.3CH3.Sn/c14-15-10-11-6-4-5-9-13(11)16(15)19(17,18)12-7-2-1-3-8-12;;;;/h1-5,7-9H,10H2;3*1H3;. The van der Waals surface area contributed by atoms with Crippen LogP contribution in [0.3, 0.4) is 0 Å². The van der Waals surface area contributed by atoms with Gasteiger partial charge < -0.3 is 0 Å². The molecular formula is C16H19ClN2O2SSn. The molecule has 0 aromatic heterocycles. The van der Waals surface area contributed by atoms with Crippen molar-refractivity contribution in [1.82, 2.24) is 4.53 Å². The summed E-state index contributed by atoms with van der Waals surface area (Å²) in [5.41, 5.74) is 1.72. The molecule has 0 saturated heterocycles. The van der Waals surface area contributed by atoms with E-state index >= 15 is 0 Å². The fourth-order valence-corrected chi connectivity index (χ4v) is 9.62. The van der Waals surface area contributed by atoms with E-state index in [4.69, 9.17) is 11.8 Å². The molecule has 1 aliphatic heterocycles. The van der Waals surface area contributed by atoms with E-state index in [9.17, 15) is 8.42 Å². The van der Waals surface area contributed by atoms with Crippen LogP contribution in [0.25, 0.3) is 0 Å². The third-order valence-corrected chi connectivity index (χ3v) is 11.9. The monoisotopic (exact) mass is 458 g/mol. The SMILES string of the molecule is [CH3][Sn]([CH3])([CH3])[c]1cccc2c1CN(Cl)N2S(=O)(=O)c1ccccc1. The van der Waals surface area contributed by atoms with Crippen LogP contribution in [0, 0.1) is 0 Å². The molecule has 7 heteroatoms. The minimum absolute atomic E-state index is 0.239. The van der Waals surface area contributed by atoms with E-state index in [1.54, 1.807) is 30.3 Å². The molecule has 4 nitrogen and oxygen atoms in total. The van der Waals surface area contributed by atoms with E-state index < -0.39 is 28.4 Å². The van der Waals surface area contributed by atoms with Crippen molar-refractivity contribution in [2.75, 3.05) is 4.41 Å². The Morgan fingerprint density at radius 1 is 1.00 bits per heavy atom. The van der Waals surface area contributed by atoms with E-state index in [1.807, 2.05) is 12.1 Å². The van der Waals surface area contributed by atoms with Crippen molar-refractivity contribution < 1.29 is 8.42 Å². The fourth-order valence-electron chi connectivity index (χ4n) is 2.87. The van der Waals surface area contributed by atoms with Gasteiger partial charge >= 0.3 is 147 Å². The molecule has 0 spiro atoms. The van der Waals surface area contributed by atoms with Crippen molar-refractivity contribution in [2.45, 2.75) is 26.3 Å². The Labute approximate surface area is 146 Å². The number of nitrogens with zero attached hydrogens (tertiary/aromatic N) is 2. The maximum atomic E-state index is 13.0. The van der Waals surface area contributed by atoms with E-state index in [-0.39, 0.29) is 4.90 Å². The number of rotatable bonds is 3. The first-order valence-electron chi connectivity index (χ1n) is 7.39. The minimum atomic E-state index is -3.71. The van der Waals surface area contributed by atoms with Gasteiger partial charge in [-0.15, -0.1) is 0 Å². The van der Waals surface area contributed by atoms with Crippen LogP contribution in [0.15, 0.2) is 53.4 Å². The number of anilines is 1. The van der Waals surface area contributed by atoms with Gasteiger partial charge in [-0.3, -0.25) is 0 Å². The first-order valence-corrected chi connectivity index (χ1v) is 19.2. The van der Waals surface area contributed by atoms with Crippen LogP contribution in [0.5, 0.6) is 0 Å². The molecule has 0 saturated carbocycles. The Kier molecular flexibility index (Phi) is 4.42. The molecule has 0 amide bonds. The first kappa shape index (κ1) is 17.1. The van der Waals surface area contributed by atoms with Crippen LogP contribution in [-0.2, 0) is 16.6 Å². The zero-order valence-corrected chi connectivity index (χ0v) is 17.7. The molecule has 2 aromatic rings. The van der Waals surface area contributed by atoms with Gasteiger partial charge in [-0.25, -0.2) is 0 Å². The predicted molar refractivity (Wildman–Crippen MR) is 96.9 cm³/mol. The maximum absolute atomic E-state index is 13.0. The van der Waals surface area contributed by atoms with Crippen molar-refractivity contribution in [3.8, 4) is 0 Å². The van der Waals surface area contributed by atoms with Crippen LogP contribution in [0.2, 0.25) is 14.8 Å². The fraction of sp³-hybridized carbons (Fsp3) is 0.250. The summed E-state index contributed by atoms with van der Waals surface area (Å²) in [5, 5.41) is 0. The average Bonchev–Trinajstić information content (AvgIpc) is 2.83. The van der Waals surface area contributed by atoms with Gasteiger partial charge in [0.1, 0.15) is 0 Å². The zero-order valence-electron chi connectivity index (χ0n) is 13.3. The van der Waals surface area contributed by atoms with Crippen LogP contribution < -0.4 is 7.99 Å². The van der Waals surface area contributed by atoms with Crippen molar-refractivity contribution in [1.29, 1.82) is 0 Å². The number of fused-ring (bicyclic) bond motifs is 1. The van der Waals surface area contributed by atoms with Gasteiger partial charge in [0.25, 0.3) is 0 Å². The third-order valence-electron chi connectivity index (χ3n) is 3.92. The van der Waals surface area contributed by atoms with E-state index in [0.29, 0.717) is 12.2 Å². The van der Waals surface area contributed by atoms with E-state index in [0.717, 1.165) is 5.56 Å². The quantitative estimate of drug-likeness (QED) is 0.525. The Balaban J connectivity index is 2.16. The summed E-state index contributed by atoms with van der Waals surface area (Å²) in [6, 6.07) is 14.3. The second-order valence-electron chi connectivity index (χ2n) is 6.61. The molecule has 122 valence electrons. The molecule has 0 unspecified atom stereocenters. The zero-order chi connectivity index (χ0) is 16.8. The molecule has 1 aliphatic rings. The molecule has 1 heterocycles. The summed E-state index contributed by atoms with van der Waals surface area (Å²) >= 11 is 3.94. The predicted octanol–water partition coefficient (Wildman–Crippen LogP) is 3.31. The van der Waals surface area contributed by atoms with Crippen LogP contribution >= 0.6 is 11.8 Å². The van der Waals surface area contributed by atoms with Crippen molar-refractivity contribution in [3.63, 3.8) is 0 Å². The molecule has 23 heavy (non-hydrogen) atoms. The van der Waals surface area contributed by atoms with Crippen LogP contribution in [0.4, 0.5) is 5.69 Å². The summed E-state index contributed by atoms with van der Waals surface area (Å²) in [4.78, 5) is 7.19. The van der Waals surface area contributed by atoms with Gasteiger partial charge in [-0.1, -0.05) is 0 Å². The van der Waals surface area contributed by atoms with Gasteiger partial charge in [0.05, 0.1) is 0 Å². The normalized spacial score (nSPS) is 15.7. The van der Waals surface area contributed by atoms with Gasteiger partial charge in [0, 0.05) is 0 Å². The summed E-state index contributed by atoms with van der Waals surface area (Å²) in [5.74, 6) is 0. The average molecular weight is 458 g/mol. The summed E-state index contributed by atoms with van der Waals surface area (Å²) in [6.07, 6.45) is 0. The molecule has 0 atom stereocenters. The van der Waals surface area contributed by atoms with Crippen molar-refractivity contribution in [2.24, 2.45) is 0 Å². The van der Waals surface area contributed by atoms with Crippen LogP contribution in [-0.4, -0.2) is 31.3 Å². The molecule has 2 aromatic carbocycles. The Hall–Kier alpha value is -0.761. The number of hydrazine groups is 1. The number of hydrogen-bond donors (Lipinski definition) is 0. The summed E-state index contributed by atoms with van der Waals surface area (Å²) < 4.78 is 29.8. The molecule has 0 radical (unpaired) electrons. The molecular weight excluding hydrogens is 438 g/mol. The van der Waals surface area contributed by atoms with Crippen molar-refractivity contribution in [3.05, 3.63) is 54.1 Å². The van der Waals surface area contributed by atoms with E-state index in [2.05, 4.69) is 20.9 Å². The molecule has 0 aliphatic carbocycles. The Morgan fingerprint density at radius 3 is 2.26 bits per heavy atom. The number of benzene rings is 2. The molecule has 0 fully saturated rings. The molecule has 0 bridgehead atoms. The van der Waals surface area contributed by atoms with Crippen molar-refractivity contribution >= 4 is 49.4 Å². The Morgan fingerprint density at radius 2 is 1.65 bits per heavy atom. The number of halogens is 1. The van der Waals surface area contributed by atoms with Gasteiger partial charge in [0.15, 0.2) is 0 Å².